The third-order valence-corrected chi connectivity index (χ3v) is 2.13. The third kappa shape index (κ3) is 3.62. The van der Waals surface area contributed by atoms with Crippen molar-refractivity contribution in [2.45, 2.75) is 26.2 Å². The van der Waals surface area contributed by atoms with E-state index in [1.807, 2.05) is 0 Å². The molecule has 0 unspecified atom stereocenters. The Morgan fingerprint density at radius 2 is 2.07 bits per heavy atom. The number of ether oxygens (including phenoxy) is 1. The highest BCUT2D eigenvalue weighted by atomic mass is 16.5. The third-order valence-electron chi connectivity index (χ3n) is 2.13. The fourth-order valence-electron chi connectivity index (χ4n) is 1.26. The molecule has 0 saturated heterocycles. The fraction of sp³-hybridized carbons (Fsp3) is 0.417. The lowest BCUT2D eigenvalue weighted by Crippen LogP contribution is -2.07. The molecule has 0 amide bonds. The van der Waals surface area contributed by atoms with Gasteiger partial charge in [0.1, 0.15) is 0 Å². The highest BCUT2D eigenvalue weighted by Gasteiger charge is 2.09. The van der Waals surface area contributed by atoms with Crippen LogP contribution in [0, 0.1) is 0 Å². The molecular weight excluding hydrogens is 190 g/mol. The Kier molecular flexibility index (Phi) is 4.68. The van der Waals surface area contributed by atoms with E-state index in [1.54, 1.807) is 24.3 Å². The van der Waals surface area contributed by atoms with Gasteiger partial charge in [0.05, 0.1) is 17.9 Å². The molecule has 0 spiro atoms. The van der Waals surface area contributed by atoms with Crippen molar-refractivity contribution in [2.24, 2.45) is 0 Å². The lowest BCUT2D eigenvalue weighted by Gasteiger charge is -2.05. The van der Waals surface area contributed by atoms with Gasteiger partial charge in [-0.3, -0.25) is 0 Å². The van der Waals surface area contributed by atoms with Crippen LogP contribution in [0.2, 0.25) is 0 Å². The fourth-order valence-corrected chi connectivity index (χ4v) is 1.26. The summed E-state index contributed by atoms with van der Waals surface area (Å²) in [5.41, 5.74) is 8.08. The molecule has 15 heavy (non-hydrogen) atoms. The summed E-state index contributed by atoms with van der Waals surface area (Å²) in [6.45, 7) is 2.54. The molecule has 0 heterocycles. The molecule has 0 atom stereocenters. The Hall–Kier alpha value is -1.51. The molecule has 0 fully saturated rings. The first-order chi connectivity index (χ1) is 7.25. The molecule has 3 heteroatoms. The molecular formula is C12H16NO2. The zero-order chi connectivity index (χ0) is 11.1. The number of esters is 1. The van der Waals surface area contributed by atoms with Crippen LogP contribution in [0.15, 0.2) is 24.3 Å². The van der Waals surface area contributed by atoms with Crippen molar-refractivity contribution in [3.8, 4) is 0 Å². The second-order valence-corrected chi connectivity index (χ2v) is 3.39. The second-order valence-electron chi connectivity index (χ2n) is 3.39. The zero-order valence-electron chi connectivity index (χ0n) is 8.95. The first-order valence-corrected chi connectivity index (χ1v) is 5.23. The first kappa shape index (κ1) is 11.6. The van der Waals surface area contributed by atoms with Crippen molar-refractivity contribution in [1.82, 2.24) is 5.73 Å². The monoisotopic (exact) mass is 206 g/mol. The number of hydrogen-bond donors (Lipinski definition) is 0. The van der Waals surface area contributed by atoms with Crippen molar-refractivity contribution >= 4 is 11.7 Å². The predicted molar refractivity (Wildman–Crippen MR) is 59.0 cm³/mol. The number of hydrogen-bond acceptors (Lipinski definition) is 2. The Balaban J connectivity index is 2.44. The smallest absolute Gasteiger partial charge is 0.340 e. The van der Waals surface area contributed by atoms with Crippen molar-refractivity contribution < 1.29 is 9.53 Å². The van der Waals surface area contributed by atoms with Gasteiger partial charge in [0.2, 0.25) is 0 Å². The molecule has 1 aromatic carbocycles. The number of carbonyl (C=O) groups is 1. The van der Waals surface area contributed by atoms with E-state index in [9.17, 15) is 4.79 Å². The zero-order valence-corrected chi connectivity index (χ0v) is 8.95. The number of nitrogens with one attached hydrogen (secondary N) is 1. The van der Waals surface area contributed by atoms with E-state index in [2.05, 4.69) is 6.92 Å². The van der Waals surface area contributed by atoms with Gasteiger partial charge in [-0.15, -0.1) is 0 Å². The lowest BCUT2D eigenvalue weighted by molar-refractivity contribution is 0.0499. The molecule has 0 aromatic heterocycles. The number of unbranched alkanes of at least 4 members (excludes halogenated alkanes) is 2. The molecule has 0 aliphatic heterocycles. The SMILES string of the molecule is CCCCCOC(=O)c1ccccc1[NH]. The minimum atomic E-state index is -0.392. The van der Waals surface area contributed by atoms with Crippen LogP contribution in [0.1, 0.15) is 36.5 Å². The van der Waals surface area contributed by atoms with E-state index in [0.29, 0.717) is 12.2 Å². The van der Waals surface area contributed by atoms with Gasteiger partial charge in [-0.1, -0.05) is 31.9 Å². The summed E-state index contributed by atoms with van der Waals surface area (Å²) in [6.07, 6.45) is 3.06. The maximum absolute atomic E-state index is 11.5. The summed E-state index contributed by atoms with van der Waals surface area (Å²) in [7, 11) is 0. The van der Waals surface area contributed by atoms with E-state index in [-0.39, 0.29) is 5.69 Å². The van der Waals surface area contributed by atoms with Crippen molar-refractivity contribution in [1.29, 1.82) is 0 Å². The van der Waals surface area contributed by atoms with E-state index in [4.69, 9.17) is 10.5 Å². The average Bonchev–Trinajstić information content (AvgIpc) is 2.25. The lowest BCUT2D eigenvalue weighted by atomic mass is 10.2. The van der Waals surface area contributed by atoms with Crippen LogP contribution in [0.25, 0.3) is 0 Å². The molecule has 1 rings (SSSR count). The van der Waals surface area contributed by atoms with Gasteiger partial charge in [-0.25, -0.2) is 4.79 Å². The normalized spacial score (nSPS) is 9.93. The minimum Gasteiger partial charge on any atom is -0.462 e. The van der Waals surface area contributed by atoms with Crippen LogP contribution in [-0.2, 0) is 4.74 Å². The van der Waals surface area contributed by atoms with E-state index < -0.39 is 5.97 Å². The molecule has 3 nitrogen and oxygen atoms in total. The summed E-state index contributed by atoms with van der Waals surface area (Å²) in [4.78, 5) is 11.5. The Morgan fingerprint density at radius 3 is 2.73 bits per heavy atom. The van der Waals surface area contributed by atoms with Crippen LogP contribution in [0.4, 0.5) is 5.69 Å². The Bertz CT molecular complexity index is 323. The van der Waals surface area contributed by atoms with Gasteiger partial charge in [0.15, 0.2) is 0 Å². The van der Waals surface area contributed by atoms with Crippen molar-refractivity contribution in [3.05, 3.63) is 29.8 Å². The molecule has 1 aromatic rings. The molecule has 0 aliphatic carbocycles. The van der Waals surface area contributed by atoms with Crippen LogP contribution in [-0.4, -0.2) is 12.6 Å². The van der Waals surface area contributed by atoms with Crippen molar-refractivity contribution in [2.75, 3.05) is 6.61 Å². The van der Waals surface area contributed by atoms with Gasteiger partial charge in [-0.05, 0) is 18.6 Å². The summed E-state index contributed by atoms with van der Waals surface area (Å²) in [6, 6.07) is 6.67. The highest BCUT2D eigenvalue weighted by Crippen LogP contribution is 2.13. The quantitative estimate of drug-likeness (QED) is 0.549. The maximum Gasteiger partial charge on any atom is 0.340 e. The minimum absolute atomic E-state index is 0.220. The molecule has 0 saturated carbocycles. The van der Waals surface area contributed by atoms with Gasteiger partial charge >= 0.3 is 5.97 Å². The molecule has 0 bridgehead atoms. The number of carbonyl (C=O) groups excluding carboxylic acids is 1. The standard InChI is InChI=1S/C12H16NO2/c1-2-3-6-9-15-12(14)10-7-4-5-8-11(10)13/h4-5,7-8,13H,2-3,6,9H2,1H3. The topological polar surface area (TPSA) is 50.1 Å². The van der Waals surface area contributed by atoms with Crippen LogP contribution < -0.4 is 5.73 Å². The van der Waals surface area contributed by atoms with E-state index >= 15 is 0 Å². The molecule has 81 valence electrons. The molecule has 0 aliphatic rings. The van der Waals surface area contributed by atoms with Gasteiger partial charge in [0, 0.05) is 0 Å². The summed E-state index contributed by atoms with van der Waals surface area (Å²) in [5.74, 6) is -0.392. The molecule has 1 radical (unpaired) electrons. The number of benzene rings is 1. The van der Waals surface area contributed by atoms with Crippen LogP contribution >= 0.6 is 0 Å². The van der Waals surface area contributed by atoms with Crippen molar-refractivity contribution in [3.63, 3.8) is 0 Å². The molecule has 1 N–H and O–H groups in total. The van der Waals surface area contributed by atoms with Gasteiger partial charge < -0.3 is 10.5 Å². The maximum atomic E-state index is 11.5. The Morgan fingerprint density at radius 1 is 1.33 bits per heavy atom. The predicted octanol–water partition coefficient (Wildman–Crippen LogP) is 2.95. The van der Waals surface area contributed by atoms with Gasteiger partial charge in [0.25, 0.3) is 0 Å². The van der Waals surface area contributed by atoms with E-state index in [1.165, 1.54) is 0 Å². The average molecular weight is 206 g/mol. The van der Waals surface area contributed by atoms with Crippen LogP contribution in [0.5, 0.6) is 0 Å². The second kappa shape index (κ2) is 6.06. The summed E-state index contributed by atoms with van der Waals surface area (Å²) < 4.78 is 5.05. The number of rotatable bonds is 5. The van der Waals surface area contributed by atoms with Gasteiger partial charge in [-0.2, -0.15) is 0 Å². The Labute approximate surface area is 90.2 Å². The van der Waals surface area contributed by atoms with E-state index in [0.717, 1.165) is 19.3 Å². The summed E-state index contributed by atoms with van der Waals surface area (Å²) >= 11 is 0. The summed E-state index contributed by atoms with van der Waals surface area (Å²) in [5, 5.41) is 0. The first-order valence-electron chi connectivity index (χ1n) is 5.23. The van der Waals surface area contributed by atoms with Crippen LogP contribution in [0.3, 0.4) is 0 Å². The largest absolute Gasteiger partial charge is 0.462 e. The highest BCUT2D eigenvalue weighted by molar-refractivity contribution is 5.94.